The predicted molar refractivity (Wildman–Crippen MR) is 309 cm³/mol. The Morgan fingerprint density at radius 1 is 0.377 bits per heavy atom. The van der Waals surface area contributed by atoms with E-state index in [2.05, 4.69) is 229 Å². The number of hydrogen-bond acceptors (Lipinski definition) is 2. The molecule has 4 heteroatoms. The molecule has 7 aliphatic rings. The van der Waals surface area contributed by atoms with Gasteiger partial charge in [0.2, 0.25) is 0 Å². The van der Waals surface area contributed by atoms with Gasteiger partial charge in [-0.3, -0.25) is 0 Å². The summed E-state index contributed by atoms with van der Waals surface area (Å²) in [5, 5.41) is 33.2. The topological polar surface area (TPSA) is 56.9 Å². The fraction of sp³-hybridized carbons (Fsp3) is 0.0959. The van der Waals surface area contributed by atoms with Crippen molar-refractivity contribution in [3.05, 3.63) is 283 Å². The molecule has 354 valence electrons. The lowest BCUT2D eigenvalue weighted by Gasteiger charge is -2.43. The highest BCUT2D eigenvalue weighted by atomic mass is 15.0. The Morgan fingerprint density at radius 3 is 1.35 bits per heavy atom. The van der Waals surface area contributed by atoms with Crippen molar-refractivity contribution >= 4 is 70.7 Å². The van der Waals surface area contributed by atoms with Crippen LogP contribution in [0.5, 0.6) is 0 Å². The molecule has 0 radical (unpaired) electrons. The highest BCUT2D eigenvalue weighted by Crippen LogP contribution is 2.66. The van der Waals surface area contributed by atoms with Crippen LogP contribution in [0.15, 0.2) is 194 Å². The van der Waals surface area contributed by atoms with E-state index < -0.39 is 5.41 Å². The number of fused-ring (bicyclic) bond motifs is 17. The highest BCUT2D eigenvalue weighted by Gasteiger charge is 2.49. The fourth-order valence-corrected chi connectivity index (χ4v) is 17.1. The van der Waals surface area contributed by atoms with Crippen molar-refractivity contribution in [1.82, 2.24) is 8.97 Å². The molecule has 0 spiro atoms. The quantitative estimate of drug-likeness (QED) is 0.165. The first-order valence-electron chi connectivity index (χ1n) is 27.1. The molecule has 3 aromatic heterocycles. The summed E-state index contributed by atoms with van der Waals surface area (Å²) in [6, 6.07) is 77.8. The molecule has 14 aromatic rings. The molecule has 77 heavy (non-hydrogen) atoms. The molecule has 0 atom stereocenters. The van der Waals surface area contributed by atoms with Gasteiger partial charge in [-0.25, -0.2) is 0 Å². The van der Waals surface area contributed by atoms with Crippen LogP contribution in [-0.2, 0) is 5.41 Å². The van der Waals surface area contributed by atoms with Crippen molar-refractivity contribution in [2.24, 2.45) is 0 Å². The van der Waals surface area contributed by atoms with Crippen molar-refractivity contribution in [2.45, 2.75) is 42.9 Å². The van der Waals surface area contributed by atoms with E-state index in [0.29, 0.717) is 0 Å². The Kier molecular flexibility index (Phi) is 7.15. The lowest BCUT2D eigenvalue weighted by atomic mass is 9.59. The Hall–Kier alpha value is -9.74. The zero-order valence-corrected chi connectivity index (χ0v) is 42.1. The van der Waals surface area contributed by atoms with Crippen LogP contribution < -0.4 is 0 Å². The van der Waals surface area contributed by atoms with E-state index in [1.165, 1.54) is 138 Å². The summed E-state index contributed by atoms with van der Waals surface area (Å²) in [6.07, 6.45) is 0. The van der Waals surface area contributed by atoms with Crippen molar-refractivity contribution < 1.29 is 0 Å². The first-order valence-corrected chi connectivity index (χ1v) is 27.1. The third kappa shape index (κ3) is 4.44. The highest BCUT2D eigenvalue weighted by molar-refractivity contribution is 6.32. The Balaban J connectivity index is 1.07. The molecule has 11 aromatic carbocycles. The van der Waals surface area contributed by atoms with Crippen LogP contribution >= 0.6 is 0 Å². The van der Waals surface area contributed by atoms with E-state index in [1.54, 1.807) is 0 Å². The minimum atomic E-state index is -0.510. The average Bonchev–Trinajstić information content (AvgIpc) is 3.08. The Bertz CT molecular complexity index is 5150. The van der Waals surface area contributed by atoms with E-state index in [0.717, 1.165) is 39.0 Å². The smallest absolute Gasteiger partial charge is 0.0995 e. The molecule has 0 saturated carbocycles. The lowest BCUT2D eigenvalue weighted by Crippen LogP contribution is -2.29. The molecule has 4 nitrogen and oxygen atoms in total. The van der Waals surface area contributed by atoms with Gasteiger partial charge in [-0.2, -0.15) is 10.5 Å². The van der Waals surface area contributed by atoms with Gasteiger partial charge in [0.25, 0.3) is 0 Å². The lowest BCUT2D eigenvalue weighted by molar-refractivity contribution is 0.673. The summed E-state index contributed by atoms with van der Waals surface area (Å²) in [5.41, 5.74) is 28.3. The molecule has 0 fully saturated rings. The summed E-state index contributed by atoms with van der Waals surface area (Å²) in [6.45, 7) is 4.98. The molecule has 0 unspecified atom stereocenters. The number of para-hydroxylation sites is 2. The van der Waals surface area contributed by atoms with Gasteiger partial charge in [-0.05, 0) is 131 Å². The van der Waals surface area contributed by atoms with Crippen molar-refractivity contribution in [2.75, 3.05) is 0 Å². The number of aromatic nitrogens is 2. The maximum Gasteiger partial charge on any atom is 0.0995 e. The van der Waals surface area contributed by atoms with Gasteiger partial charge < -0.3 is 8.97 Å². The third-order valence-electron chi connectivity index (χ3n) is 19.5. The number of rotatable bonds is 1. The van der Waals surface area contributed by atoms with Crippen LogP contribution in [-0.4, -0.2) is 8.97 Å². The standard InChI is InChI=1S/C73H42N4/c1-73(2)69-51(62-48-28-14-15-29-49(48)71-64(70(62)73)50-30-16-17-31-53(50)76(71)39-18-4-3-5-19-39)34-52-63-54(32-37(35-74)56-58-40-20-6-10-24-44(40)60(66(56)63)45-25-11-7-21-41(45)58)77-55-33-38(36-75)57-59-42-22-8-12-26-46(42)61(47-27-13-9-23-43(47)59)67(57)65(55)68(69)72(52)77/h3-34,58-61H,1-2H3. The summed E-state index contributed by atoms with van der Waals surface area (Å²) >= 11 is 0. The second kappa shape index (κ2) is 13.6. The Labute approximate surface area is 442 Å². The molecular formula is C73H42N4. The molecule has 3 heterocycles. The summed E-state index contributed by atoms with van der Waals surface area (Å²) < 4.78 is 5.03. The van der Waals surface area contributed by atoms with E-state index in [4.69, 9.17) is 0 Å². The minimum absolute atomic E-state index is 0.0666. The zero-order chi connectivity index (χ0) is 50.5. The van der Waals surface area contributed by atoms with Crippen LogP contribution in [0.1, 0.15) is 127 Å². The van der Waals surface area contributed by atoms with Crippen molar-refractivity contribution in [1.29, 1.82) is 10.5 Å². The summed E-state index contributed by atoms with van der Waals surface area (Å²) in [7, 11) is 0. The second-order valence-electron chi connectivity index (χ2n) is 23.0. The number of nitriles is 2. The fourth-order valence-electron chi connectivity index (χ4n) is 17.1. The second-order valence-corrected chi connectivity index (χ2v) is 23.0. The van der Waals surface area contributed by atoms with Crippen LogP contribution in [0.25, 0.3) is 87.5 Å². The maximum absolute atomic E-state index is 11.6. The summed E-state index contributed by atoms with van der Waals surface area (Å²) in [5.74, 6) is -0.309. The summed E-state index contributed by atoms with van der Waals surface area (Å²) in [4.78, 5) is 0. The molecule has 21 rings (SSSR count). The first-order chi connectivity index (χ1) is 38.0. The third-order valence-corrected chi connectivity index (χ3v) is 19.5. The van der Waals surface area contributed by atoms with Crippen LogP contribution in [0, 0.1) is 22.7 Å². The SMILES string of the molecule is CC1(C)c2c(c3ccccc3c3c2c2ccccc2n3-c2ccccc2)-c2cc3c4c5c(c(C#N)cc4n4c6cc(C#N)c7c(c6c(c21)c34)C1c2ccccc2C7c2ccccc21)C1c2ccccc2C5c2ccccc21. The Morgan fingerprint density at radius 2 is 0.818 bits per heavy atom. The van der Waals surface area contributed by atoms with Crippen molar-refractivity contribution in [3.63, 3.8) is 0 Å². The molecule has 0 N–H and O–H groups in total. The molecule has 7 aliphatic carbocycles. The van der Waals surface area contributed by atoms with Gasteiger partial charge in [0.15, 0.2) is 0 Å². The van der Waals surface area contributed by atoms with Crippen LogP contribution in [0.3, 0.4) is 0 Å². The number of benzene rings is 11. The predicted octanol–water partition coefficient (Wildman–Crippen LogP) is 17.1. The zero-order valence-electron chi connectivity index (χ0n) is 42.1. The monoisotopic (exact) mass is 974 g/mol. The van der Waals surface area contributed by atoms with E-state index >= 15 is 0 Å². The van der Waals surface area contributed by atoms with Crippen LogP contribution in [0.4, 0.5) is 0 Å². The largest absolute Gasteiger partial charge is 0.309 e. The van der Waals surface area contributed by atoms with Gasteiger partial charge >= 0.3 is 0 Å². The van der Waals surface area contributed by atoms with Gasteiger partial charge in [-0.1, -0.05) is 172 Å². The van der Waals surface area contributed by atoms with E-state index in [1.807, 2.05) is 0 Å². The first kappa shape index (κ1) is 40.6. The number of nitrogens with zero attached hydrogens (tertiary/aromatic N) is 4. The van der Waals surface area contributed by atoms with E-state index in [9.17, 15) is 10.5 Å². The normalized spacial score (nSPS) is 18.3. The van der Waals surface area contributed by atoms with Crippen LogP contribution in [0.2, 0.25) is 0 Å². The minimum Gasteiger partial charge on any atom is -0.309 e. The van der Waals surface area contributed by atoms with Gasteiger partial charge in [0.05, 0.1) is 50.8 Å². The average molecular weight is 975 g/mol. The van der Waals surface area contributed by atoms with Gasteiger partial charge in [0, 0.05) is 72.5 Å². The molecule has 0 amide bonds. The van der Waals surface area contributed by atoms with Gasteiger partial charge in [-0.15, -0.1) is 0 Å². The van der Waals surface area contributed by atoms with Gasteiger partial charge in [0.1, 0.15) is 0 Å². The van der Waals surface area contributed by atoms with E-state index in [-0.39, 0.29) is 23.7 Å². The van der Waals surface area contributed by atoms with Crippen molar-refractivity contribution in [3.8, 4) is 29.0 Å². The number of hydrogen-bond donors (Lipinski definition) is 0. The molecular weight excluding hydrogens is 933 g/mol. The molecule has 0 aliphatic heterocycles. The molecule has 4 bridgehead atoms. The maximum atomic E-state index is 11.6. The molecule has 0 saturated heterocycles.